The van der Waals surface area contributed by atoms with Crippen LogP contribution in [-0.2, 0) is 4.79 Å². The predicted octanol–water partition coefficient (Wildman–Crippen LogP) is 1.40. The molecule has 0 fully saturated rings. The highest BCUT2D eigenvalue weighted by Crippen LogP contribution is 2.26. The highest BCUT2D eigenvalue weighted by Gasteiger charge is 2.10. The standard InChI is InChI=1S/C9H13N3O2S/c1-6(2-3-7(13)14)15-9-8(10)11-4-5-12-9/h4-6H,2-3H2,1H3,(H2,10,11)(H,13,14). The van der Waals surface area contributed by atoms with Crippen LogP contribution in [0.2, 0.25) is 0 Å². The molecule has 5 nitrogen and oxygen atoms in total. The van der Waals surface area contributed by atoms with Crippen molar-refractivity contribution < 1.29 is 9.90 Å². The topological polar surface area (TPSA) is 89.1 Å². The van der Waals surface area contributed by atoms with E-state index in [2.05, 4.69) is 9.97 Å². The van der Waals surface area contributed by atoms with E-state index in [0.717, 1.165) is 0 Å². The van der Waals surface area contributed by atoms with E-state index >= 15 is 0 Å². The number of carboxylic acid groups (broad SMARTS) is 1. The summed E-state index contributed by atoms with van der Waals surface area (Å²) in [6.45, 7) is 1.95. The Balaban J connectivity index is 2.47. The zero-order valence-electron chi connectivity index (χ0n) is 8.38. The van der Waals surface area contributed by atoms with Crippen LogP contribution in [0.1, 0.15) is 19.8 Å². The summed E-state index contributed by atoms with van der Waals surface area (Å²) >= 11 is 1.45. The summed E-state index contributed by atoms with van der Waals surface area (Å²) in [4.78, 5) is 18.3. The molecule has 0 spiro atoms. The first-order valence-corrected chi connectivity index (χ1v) is 5.42. The molecule has 0 radical (unpaired) electrons. The van der Waals surface area contributed by atoms with Crippen LogP contribution in [0.3, 0.4) is 0 Å². The molecule has 0 aromatic carbocycles. The van der Waals surface area contributed by atoms with Crippen LogP contribution in [0.25, 0.3) is 0 Å². The quantitative estimate of drug-likeness (QED) is 0.739. The minimum atomic E-state index is -0.783. The normalized spacial score (nSPS) is 12.3. The van der Waals surface area contributed by atoms with Crippen molar-refractivity contribution >= 4 is 23.5 Å². The Kier molecular flexibility index (Phi) is 4.36. The third-order valence-electron chi connectivity index (χ3n) is 1.77. The molecule has 0 aliphatic rings. The van der Waals surface area contributed by atoms with Crippen molar-refractivity contribution in [2.45, 2.75) is 30.0 Å². The summed E-state index contributed by atoms with van der Waals surface area (Å²) in [7, 11) is 0. The lowest BCUT2D eigenvalue weighted by Gasteiger charge is -2.09. The van der Waals surface area contributed by atoms with Gasteiger partial charge in [0.25, 0.3) is 0 Å². The first kappa shape index (κ1) is 11.8. The predicted molar refractivity (Wildman–Crippen MR) is 58.6 cm³/mol. The molecule has 6 heteroatoms. The van der Waals surface area contributed by atoms with Gasteiger partial charge in [0.15, 0.2) is 5.82 Å². The Morgan fingerprint density at radius 3 is 2.87 bits per heavy atom. The third kappa shape index (κ3) is 4.16. The fourth-order valence-corrected chi connectivity index (χ4v) is 1.92. The SMILES string of the molecule is CC(CCC(=O)O)Sc1nccnc1N. The fraction of sp³-hybridized carbons (Fsp3) is 0.444. The van der Waals surface area contributed by atoms with Crippen molar-refractivity contribution in [2.75, 3.05) is 5.73 Å². The molecule has 1 unspecified atom stereocenters. The zero-order valence-corrected chi connectivity index (χ0v) is 9.20. The molecule has 0 saturated heterocycles. The van der Waals surface area contributed by atoms with E-state index in [0.29, 0.717) is 17.3 Å². The summed E-state index contributed by atoms with van der Waals surface area (Å²) in [5.74, 6) is -0.390. The lowest BCUT2D eigenvalue weighted by Crippen LogP contribution is -2.04. The van der Waals surface area contributed by atoms with Gasteiger partial charge in [0.1, 0.15) is 5.03 Å². The second kappa shape index (κ2) is 5.55. The number of hydrogen-bond donors (Lipinski definition) is 2. The number of aromatic nitrogens is 2. The third-order valence-corrected chi connectivity index (χ3v) is 2.94. The maximum absolute atomic E-state index is 10.4. The largest absolute Gasteiger partial charge is 0.481 e. The lowest BCUT2D eigenvalue weighted by molar-refractivity contribution is -0.137. The molecule has 82 valence electrons. The number of nitrogen functional groups attached to an aromatic ring is 1. The van der Waals surface area contributed by atoms with Crippen molar-refractivity contribution in [1.82, 2.24) is 9.97 Å². The average Bonchev–Trinajstić information content (AvgIpc) is 2.18. The monoisotopic (exact) mass is 227 g/mol. The van der Waals surface area contributed by atoms with Crippen molar-refractivity contribution in [3.63, 3.8) is 0 Å². The summed E-state index contributed by atoms with van der Waals surface area (Å²) in [6, 6.07) is 0. The molecule has 1 atom stereocenters. The van der Waals surface area contributed by atoms with Gasteiger partial charge in [0, 0.05) is 24.1 Å². The highest BCUT2D eigenvalue weighted by molar-refractivity contribution is 8.00. The van der Waals surface area contributed by atoms with Crippen molar-refractivity contribution in [2.24, 2.45) is 0 Å². The minimum Gasteiger partial charge on any atom is -0.481 e. The van der Waals surface area contributed by atoms with Gasteiger partial charge in [-0.2, -0.15) is 0 Å². The molecule has 1 aromatic heterocycles. The Morgan fingerprint density at radius 1 is 1.60 bits per heavy atom. The number of nitrogens with zero attached hydrogens (tertiary/aromatic N) is 2. The Labute approximate surface area is 92.1 Å². The molecule has 0 bridgehead atoms. The fourth-order valence-electron chi connectivity index (χ4n) is 1.00. The van der Waals surface area contributed by atoms with E-state index in [9.17, 15) is 4.79 Å². The summed E-state index contributed by atoms with van der Waals surface area (Å²) < 4.78 is 0. The van der Waals surface area contributed by atoms with Gasteiger partial charge in [-0.05, 0) is 6.42 Å². The van der Waals surface area contributed by atoms with Gasteiger partial charge in [0.05, 0.1) is 0 Å². The maximum atomic E-state index is 10.4. The first-order chi connectivity index (χ1) is 7.09. The number of carboxylic acids is 1. The maximum Gasteiger partial charge on any atom is 0.303 e. The van der Waals surface area contributed by atoms with Gasteiger partial charge in [-0.1, -0.05) is 18.7 Å². The smallest absolute Gasteiger partial charge is 0.303 e. The van der Waals surface area contributed by atoms with Crippen LogP contribution in [0, 0.1) is 0 Å². The number of thioether (sulfide) groups is 1. The molecule has 0 aliphatic carbocycles. The van der Waals surface area contributed by atoms with Crippen LogP contribution in [-0.4, -0.2) is 26.3 Å². The highest BCUT2D eigenvalue weighted by atomic mass is 32.2. The lowest BCUT2D eigenvalue weighted by atomic mass is 10.2. The van der Waals surface area contributed by atoms with E-state index < -0.39 is 5.97 Å². The number of anilines is 1. The number of nitrogens with two attached hydrogens (primary N) is 1. The van der Waals surface area contributed by atoms with Crippen LogP contribution in [0.4, 0.5) is 5.82 Å². The second-order valence-corrected chi connectivity index (χ2v) is 4.53. The van der Waals surface area contributed by atoms with Gasteiger partial charge in [0.2, 0.25) is 0 Å². The van der Waals surface area contributed by atoms with Gasteiger partial charge >= 0.3 is 5.97 Å². The summed E-state index contributed by atoms with van der Waals surface area (Å²) in [5, 5.41) is 9.35. The molecule has 0 saturated carbocycles. The molecular weight excluding hydrogens is 214 g/mol. The van der Waals surface area contributed by atoms with E-state index in [1.807, 2.05) is 6.92 Å². The molecule has 1 rings (SSSR count). The Bertz CT molecular complexity index is 346. The zero-order chi connectivity index (χ0) is 11.3. The Morgan fingerprint density at radius 2 is 2.27 bits per heavy atom. The number of carbonyl (C=O) groups is 1. The van der Waals surface area contributed by atoms with Gasteiger partial charge in [-0.15, -0.1) is 0 Å². The van der Waals surface area contributed by atoms with Crippen LogP contribution in [0.15, 0.2) is 17.4 Å². The number of hydrogen-bond acceptors (Lipinski definition) is 5. The molecule has 0 amide bonds. The van der Waals surface area contributed by atoms with Crippen LogP contribution < -0.4 is 5.73 Å². The average molecular weight is 227 g/mol. The summed E-state index contributed by atoms with van der Waals surface area (Å²) in [6.07, 6.45) is 3.86. The molecular formula is C9H13N3O2S. The van der Waals surface area contributed by atoms with Crippen molar-refractivity contribution in [3.05, 3.63) is 12.4 Å². The van der Waals surface area contributed by atoms with Crippen LogP contribution in [0.5, 0.6) is 0 Å². The first-order valence-electron chi connectivity index (χ1n) is 4.54. The van der Waals surface area contributed by atoms with Crippen molar-refractivity contribution in [1.29, 1.82) is 0 Å². The second-order valence-electron chi connectivity index (χ2n) is 3.11. The summed E-state index contributed by atoms with van der Waals surface area (Å²) in [5.41, 5.74) is 5.61. The van der Waals surface area contributed by atoms with E-state index in [4.69, 9.17) is 10.8 Å². The molecule has 15 heavy (non-hydrogen) atoms. The molecule has 1 heterocycles. The van der Waals surface area contributed by atoms with Crippen LogP contribution >= 0.6 is 11.8 Å². The number of rotatable bonds is 5. The number of aliphatic carboxylic acids is 1. The minimum absolute atomic E-state index is 0.161. The van der Waals surface area contributed by atoms with E-state index in [-0.39, 0.29) is 11.7 Å². The van der Waals surface area contributed by atoms with E-state index in [1.54, 1.807) is 6.20 Å². The van der Waals surface area contributed by atoms with Crippen molar-refractivity contribution in [3.8, 4) is 0 Å². The van der Waals surface area contributed by atoms with Gasteiger partial charge < -0.3 is 10.8 Å². The van der Waals surface area contributed by atoms with Gasteiger partial charge in [-0.25, -0.2) is 9.97 Å². The molecule has 0 aliphatic heterocycles. The molecule has 3 N–H and O–H groups in total. The van der Waals surface area contributed by atoms with Gasteiger partial charge in [-0.3, -0.25) is 4.79 Å². The Hall–Kier alpha value is -1.30. The van der Waals surface area contributed by atoms with E-state index in [1.165, 1.54) is 18.0 Å². The molecule has 1 aromatic rings.